The average molecular weight is 404 g/mol. The molecule has 2 N–H and O–H groups in total. The maximum absolute atomic E-state index is 12.4. The molecule has 29 heavy (non-hydrogen) atoms. The van der Waals surface area contributed by atoms with Crippen LogP contribution in [0, 0.1) is 0 Å². The Kier molecular flexibility index (Phi) is 5.96. The molecule has 0 unspecified atom stereocenters. The fourth-order valence-corrected chi connectivity index (χ4v) is 2.43. The summed E-state index contributed by atoms with van der Waals surface area (Å²) in [4.78, 5) is 49.0. The Labute approximate surface area is 165 Å². The van der Waals surface area contributed by atoms with Crippen LogP contribution in [0.25, 0.3) is 5.70 Å². The van der Waals surface area contributed by atoms with E-state index in [9.17, 15) is 29.4 Å². The minimum atomic E-state index is -1.56. The number of pyridine rings is 1. The van der Waals surface area contributed by atoms with Crippen LogP contribution in [0.3, 0.4) is 0 Å². The van der Waals surface area contributed by atoms with Crippen LogP contribution in [0.1, 0.15) is 41.6 Å². The topological polar surface area (TPSA) is 135 Å². The summed E-state index contributed by atoms with van der Waals surface area (Å²) in [6.07, 6.45) is 7.21. The Bertz CT molecular complexity index is 1010. The highest BCUT2D eigenvalue weighted by atomic mass is 16.6. The lowest BCUT2D eigenvalue weighted by atomic mass is 10.2. The number of nitrogens with zero attached hydrogens (tertiary/aromatic N) is 2. The number of carbonyl (C=O) groups excluding carboxylic acids is 1. The predicted octanol–water partition coefficient (Wildman–Crippen LogP) is 2.37. The van der Waals surface area contributed by atoms with Gasteiger partial charge in [-0.3, -0.25) is 9.69 Å². The Hall–Kier alpha value is -3.82. The highest BCUT2D eigenvalue weighted by Gasteiger charge is 2.27. The van der Waals surface area contributed by atoms with E-state index in [1.54, 1.807) is 20.8 Å². The van der Waals surface area contributed by atoms with Crippen molar-refractivity contribution in [2.45, 2.75) is 26.4 Å². The van der Waals surface area contributed by atoms with Crippen molar-refractivity contribution < 1.29 is 34.1 Å². The molecule has 0 fully saturated rings. The molecule has 1 aliphatic heterocycles. The smallest absolute Gasteiger partial charge is 0.418 e. The normalized spacial score (nSPS) is 13.5. The molecular formula is C19H20N2O8. The number of rotatable bonds is 4. The predicted molar refractivity (Wildman–Crippen MR) is 102 cm³/mol. The van der Waals surface area contributed by atoms with E-state index in [0.717, 1.165) is 22.8 Å². The summed E-state index contributed by atoms with van der Waals surface area (Å²) >= 11 is 0. The second-order valence-electron chi connectivity index (χ2n) is 6.88. The van der Waals surface area contributed by atoms with Gasteiger partial charge in [0.15, 0.2) is 11.4 Å². The largest absolute Gasteiger partial charge is 0.491 e. The van der Waals surface area contributed by atoms with Gasteiger partial charge >= 0.3 is 18.0 Å². The van der Waals surface area contributed by atoms with Crippen LogP contribution in [-0.4, -0.2) is 50.4 Å². The van der Waals surface area contributed by atoms with Crippen LogP contribution in [0.5, 0.6) is 5.75 Å². The van der Waals surface area contributed by atoms with Gasteiger partial charge in [0.2, 0.25) is 5.43 Å². The number of aromatic carboxylic acids is 2. The first-order chi connectivity index (χ1) is 13.5. The maximum atomic E-state index is 12.4. The fraction of sp³-hybridized carbons (Fsp3) is 0.263. The molecule has 1 aromatic rings. The molecule has 0 aliphatic carbocycles. The maximum Gasteiger partial charge on any atom is 0.418 e. The van der Waals surface area contributed by atoms with Crippen LogP contribution in [0.15, 0.2) is 41.6 Å². The van der Waals surface area contributed by atoms with E-state index in [0.29, 0.717) is 0 Å². The molecule has 0 saturated heterocycles. The van der Waals surface area contributed by atoms with Crippen molar-refractivity contribution in [1.29, 1.82) is 0 Å². The van der Waals surface area contributed by atoms with E-state index in [2.05, 4.69) is 0 Å². The molecular weight excluding hydrogens is 384 g/mol. The third-order valence-corrected chi connectivity index (χ3v) is 3.58. The van der Waals surface area contributed by atoms with Crippen LogP contribution < -0.4 is 10.2 Å². The van der Waals surface area contributed by atoms with E-state index >= 15 is 0 Å². The summed E-state index contributed by atoms with van der Waals surface area (Å²) in [5, 5.41) is 18.9. The lowest BCUT2D eigenvalue weighted by Gasteiger charge is -2.24. The lowest BCUT2D eigenvalue weighted by Crippen LogP contribution is -2.31. The van der Waals surface area contributed by atoms with E-state index in [1.807, 2.05) is 0 Å². The van der Waals surface area contributed by atoms with Gasteiger partial charge in [-0.2, -0.15) is 0 Å². The molecule has 0 aromatic carbocycles. The first kappa shape index (κ1) is 21.5. The van der Waals surface area contributed by atoms with Gasteiger partial charge in [0, 0.05) is 18.6 Å². The fourth-order valence-electron chi connectivity index (χ4n) is 2.43. The van der Waals surface area contributed by atoms with E-state index in [-0.39, 0.29) is 5.70 Å². The number of allylic oxidation sites excluding steroid dienone is 4. The lowest BCUT2D eigenvalue weighted by molar-refractivity contribution is 0.0399. The molecule has 10 nitrogen and oxygen atoms in total. The van der Waals surface area contributed by atoms with Gasteiger partial charge < -0.3 is 24.3 Å². The third-order valence-electron chi connectivity index (χ3n) is 3.58. The van der Waals surface area contributed by atoms with Gasteiger partial charge in [0.25, 0.3) is 0 Å². The van der Waals surface area contributed by atoms with Crippen molar-refractivity contribution in [2.75, 3.05) is 7.11 Å². The van der Waals surface area contributed by atoms with Gasteiger partial charge in [0.05, 0.1) is 12.8 Å². The number of aromatic nitrogens is 1. The Morgan fingerprint density at radius 3 is 2.24 bits per heavy atom. The molecule has 0 bridgehead atoms. The van der Waals surface area contributed by atoms with Gasteiger partial charge in [-0.15, -0.1) is 0 Å². The van der Waals surface area contributed by atoms with E-state index in [1.165, 1.54) is 30.6 Å². The Morgan fingerprint density at radius 1 is 1.07 bits per heavy atom. The van der Waals surface area contributed by atoms with Crippen LogP contribution in [0.2, 0.25) is 0 Å². The molecule has 2 rings (SSSR count). The zero-order valence-corrected chi connectivity index (χ0v) is 16.2. The second kappa shape index (κ2) is 8.05. The summed E-state index contributed by atoms with van der Waals surface area (Å²) < 4.78 is 11.1. The second-order valence-corrected chi connectivity index (χ2v) is 6.88. The molecule has 0 atom stereocenters. The van der Waals surface area contributed by atoms with Crippen LogP contribution in [0.4, 0.5) is 4.79 Å². The van der Waals surface area contributed by atoms with Crippen molar-refractivity contribution in [1.82, 2.24) is 9.47 Å². The number of amides is 1. The molecule has 10 heteroatoms. The highest BCUT2D eigenvalue weighted by Crippen LogP contribution is 2.23. The van der Waals surface area contributed by atoms with Gasteiger partial charge in [-0.25, -0.2) is 14.4 Å². The van der Waals surface area contributed by atoms with Crippen LogP contribution in [-0.2, 0) is 4.74 Å². The minimum absolute atomic E-state index is 0.0825. The molecule has 1 aromatic heterocycles. The molecule has 0 radical (unpaired) electrons. The first-order valence-corrected chi connectivity index (χ1v) is 8.35. The van der Waals surface area contributed by atoms with Gasteiger partial charge in [-0.1, -0.05) is 6.08 Å². The van der Waals surface area contributed by atoms with Gasteiger partial charge in [0.1, 0.15) is 11.2 Å². The SMILES string of the molecule is COc1c(C(=O)O)n(C2=CN(C(=O)OC(C)(C)C)C=CC=C2)cc(C(=O)O)c1=O. The first-order valence-electron chi connectivity index (χ1n) is 8.35. The minimum Gasteiger partial charge on any atom is -0.491 e. The number of methoxy groups -OCH3 is 1. The number of hydrogen-bond acceptors (Lipinski definition) is 6. The molecule has 154 valence electrons. The van der Waals surface area contributed by atoms with Crippen LogP contribution >= 0.6 is 0 Å². The molecule has 1 aliphatic rings. The molecule has 2 heterocycles. The standard InChI is InChI=1S/C19H20N2O8/c1-19(2,3)29-18(27)20-8-6-5-7-11(9-20)21-10-12(16(23)24)14(22)15(28-4)13(21)17(25)26/h5-10H,1-4H3,(H,23,24)(H,25,26). The van der Waals surface area contributed by atoms with Crippen molar-refractivity contribution in [3.05, 3.63) is 58.3 Å². The molecule has 0 spiro atoms. The monoisotopic (exact) mass is 404 g/mol. The number of carboxylic acid groups (broad SMARTS) is 2. The summed E-state index contributed by atoms with van der Waals surface area (Å²) in [5.41, 5.74) is -3.05. The Morgan fingerprint density at radius 2 is 1.72 bits per heavy atom. The average Bonchev–Trinajstić information content (AvgIpc) is 2.85. The van der Waals surface area contributed by atoms with Crippen molar-refractivity contribution in [3.8, 4) is 5.75 Å². The van der Waals surface area contributed by atoms with E-state index in [4.69, 9.17) is 9.47 Å². The summed E-state index contributed by atoms with van der Waals surface area (Å²) in [6.45, 7) is 5.05. The number of hydrogen-bond donors (Lipinski definition) is 2. The number of carboxylic acids is 2. The van der Waals surface area contributed by atoms with Gasteiger partial charge in [-0.05, 0) is 32.9 Å². The Balaban J connectivity index is 2.72. The quantitative estimate of drug-likeness (QED) is 0.781. The highest BCUT2D eigenvalue weighted by molar-refractivity contribution is 5.94. The van der Waals surface area contributed by atoms with E-state index < -0.39 is 46.1 Å². The summed E-state index contributed by atoms with van der Waals surface area (Å²) in [7, 11) is 1.06. The number of ether oxygens (including phenoxy) is 2. The summed E-state index contributed by atoms with van der Waals surface area (Å²) in [5.74, 6) is -3.72. The zero-order valence-electron chi connectivity index (χ0n) is 16.2. The van der Waals surface area contributed by atoms with Crippen molar-refractivity contribution in [2.24, 2.45) is 0 Å². The molecule has 0 saturated carbocycles. The molecule has 1 amide bonds. The third kappa shape index (κ3) is 4.72. The van der Waals surface area contributed by atoms with Crippen molar-refractivity contribution >= 4 is 23.7 Å². The van der Waals surface area contributed by atoms with Crippen molar-refractivity contribution in [3.63, 3.8) is 0 Å². The summed E-state index contributed by atoms with van der Waals surface area (Å²) in [6, 6.07) is 0. The zero-order chi connectivity index (χ0) is 21.9. The number of carbonyl (C=O) groups is 3.